The molecule has 0 bridgehead atoms. The van der Waals surface area contributed by atoms with Gasteiger partial charge in [-0.05, 0) is 51.5 Å². The van der Waals surface area contributed by atoms with Crippen LogP contribution in [0.3, 0.4) is 0 Å². The zero-order valence-electron chi connectivity index (χ0n) is 17.0. The van der Waals surface area contributed by atoms with Crippen LogP contribution < -0.4 is 5.43 Å². The largest absolute Gasteiger partial charge is 0.385 e. The summed E-state index contributed by atoms with van der Waals surface area (Å²) in [4.78, 5) is 14.2. The van der Waals surface area contributed by atoms with Gasteiger partial charge in [-0.25, -0.2) is 0 Å². The number of hydrogen-bond donors (Lipinski definition) is 2. The first-order valence-electron chi connectivity index (χ1n) is 9.37. The van der Waals surface area contributed by atoms with Crippen molar-refractivity contribution in [3.05, 3.63) is 76.0 Å². The molecule has 0 radical (unpaired) electrons. The van der Waals surface area contributed by atoms with Gasteiger partial charge in [0, 0.05) is 26.1 Å². The van der Waals surface area contributed by atoms with E-state index in [-0.39, 0.29) is 5.43 Å². The molecule has 0 spiro atoms. The molecule has 1 aromatic heterocycles. The van der Waals surface area contributed by atoms with Crippen LogP contribution in [0.1, 0.15) is 33.3 Å². The van der Waals surface area contributed by atoms with Crippen molar-refractivity contribution in [2.45, 2.75) is 38.9 Å². The first kappa shape index (κ1) is 21.0. The van der Waals surface area contributed by atoms with Crippen LogP contribution in [0.2, 0.25) is 0 Å². The van der Waals surface area contributed by atoms with Gasteiger partial charge in [-0.3, -0.25) is 4.79 Å². The second-order valence-electron chi connectivity index (χ2n) is 7.96. The van der Waals surface area contributed by atoms with Crippen LogP contribution in [0, 0.1) is 11.8 Å². The molecule has 0 saturated carbocycles. The lowest BCUT2D eigenvalue weighted by atomic mass is 9.94. The van der Waals surface area contributed by atoms with E-state index < -0.39 is 11.2 Å². The quantitative estimate of drug-likeness (QED) is 0.613. The number of aliphatic hydroxyl groups is 2. The van der Waals surface area contributed by atoms with Crippen molar-refractivity contribution >= 4 is 27.5 Å². The highest BCUT2D eigenvalue weighted by Gasteiger charge is 2.21. The Morgan fingerprint density at radius 1 is 0.966 bits per heavy atom. The van der Waals surface area contributed by atoms with Crippen molar-refractivity contribution in [1.82, 2.24) is 0 Å². The standard InChI is InChI=1S/C25H24O3S/c1-24(2,27)15-14-18(25(3,4)28)16-20-22(26)19-12-8-9-13-21(19)29-23(20)17-10-6-5-7-11-17/h5-13,16,27-28H,1-4H3/b18-16+. The summed E-state index contributed by atoms with van der Waals surface area (Å²) < 4.78 is 0.904. The molecule has 4 heteroatoms. The molecule has 0 unspecified atom stereocenters. The van der Waals surface area contributed by atoms with Crippen LogP contribution in [0.25, 0.3) is 26.6 Å². The Morgan fingerprint density at radius 3 is 2.21 bits per heavy atom. The van der Waals surface area contributed by atoms with Crippen LogP contribution in [0.15, 0.2) is 65.0 Å². The number of rotatable bonds is 3. The molecule has 3 nitrogen and oxygen atoms in total. The Kier molecular flexibility index (Phi) is 5.77. The van der Waals surface area contributed by atoms with Crippen molar-refractivity contribution in [2.24, 2.45) is 0 Å². The minimum atomic E-state index is -1.27. The highest BCUT2D eigenvalue weighted by molar-refractivity contribution is 7.21. The molecule has 0 aliphatic heterocycles. The molecule has 29 heavy (non-hydrogen) atoms. The molecule has 0 amide bonds. The zero-order valence-corrected chi connectivity index (χ0v) is 17.8. The van der Waals surface area contributed by atoms with E-state index in [1.165, 1.54) is 11.3 Å². The zero-order chi connectivity index (χ0) is 21.2. The summed E-state index contributed by atoms with van der Waals surface area (Å²) in [5, 5.41) is 21.3. The van der Waals surface area contributed by atoms with Gasteiger partial charge in [-0.2, -0.15) is 0 Å². The van der Waals surface area contributed by atoms with Gasteiger partial charge in [0.2, 0.25) is 0 Å². The Bertz CT molecular complexity index is 1180. The third-order valence-electron chi connectivity index (χ3n) is 4.32. The summed E-state index contributed by atoms with van der Waals surface area (Å²) >= 11 is 1.53. The van der Waals surface area contributed by atoms with E-state index in [1.807, 2.05) is 54.6 Å². The molecule has 0 aliphatic carbocycles. The van der Waals surface area contributed by atoms with E-state index in [1.54, 1.807) is 33.8 Å². The van der Waals surface area contributed by atoms with Crippen LogP contribution in [-0.4, -0.2) is 21.4 Å². The number of fused-ring (bicyclic) bond motifs is 1. The smallest absolute Gasteiger partial charge is 0.195 e. The summed E-state index contributed by atoms with van der Waals surface area (Å²) in [7, 11) is 0. The predicted octanol–water partition coefficient (Wildman–Crippen LogP) is 4.86. The summed E-state index contributed by atoms with van der Waals surface area (Å²) in [5.74, 6) is 5.62. The predicted molar refractivity (Wildman–Crippen MR) is 122 cm³/mol. The van der Waals surface area contributed by atoms with Gasteiger partial charge in [0.15, 0.2) is 5.43 Å². The lowest BCUT2D eigenvalue weighted by Gasteiger charge is -2.19. The van der Waals surface area contributed by atoms with Gasteiger partial charge in [0.05, 0.1) is 5.60 Å². The first-order valence-corrected chi connectivity index (χ1v) is 10.2. The third kappa shape index (κ3) is 5.02. The third-order valence-corrected chi connectivity index (χ3v) is 5.56. The molecule has 3 rings (SSSR count). The highest BCUT2D eigenvalue weighted by atomic mass is 32.1. The Morgan fingerprint density at radius 2 is 1.59 bits per heavy atom. The average molecular weight is 405 g/mol. The molecular formula is C25H24O3S. The van der Waals surface area contributed by atoms with Gasteiger partial charge in [0.1, 0.15) is 5.60 Å². The molecule has 2 N–H and O–H groups in total. The van der Waals surface area contributed by atoms with Gasteiger partial charge in [-0.15, -0.1) is 11.3 Å². The van der Waals surface area contributed by atoms with E-state index in [4.69, 9.17) is 0 Å². The van der Waals surface area contributed by atoms with E-state index in [0.29, 0.717) is 16.5 Å². The minimum Gasteiger partial charge on any atom is -0.385 e. The fourth-order valence-corrected chi connectivity index (χ4v) is 3.97. The summed E-state index contributed by atoms with van der Waals surface area (Å²) in [6.07, 6.45) is 1.66. The molecule has 0 atom stereocenters. The fraction of sp³-hybridized carbons (Fsp3) is 0.240. The molecule has 148 valence electrons. The van der Waals surface area contributed by atoms with Crippen LogP contribution in [0.5, 0.6) is 0 Å². The second-order valence-corrected chi connectivity index (χ2v) is 9.01. The second kappa shape index (κ2) is 7.96. The van der Waals surface area contributed by atoms with Crippen molar-refractivity contribution < 1.29 is 10.2 Å². The van der Waals surface area contributed by atoms with Gasteiger partial charge >= 0.3 is 0 Å². The summed E-state index contributed by atoms with van der Waals surface area (Å²) in [6, 6.07) is 17.2. The normalized spacial score (nSPS) is 12.6. The monoisotopic (exact) mass is 404 g/mol. The topological polar surface area (TPSA) is 57.5 Å². The van der Waals surface area contributed by atoms with Gasteiger partial charge in [-0.1, -0.05) is 54.3 Å². The SMILES string of the molecule is CC(C)(O)C#C/C(=C\c1c(-c2ccccc2)sc2ccccc2c1=O)C(C)(C)O. The van der Waals surface area contributed by atoms with Crippen LogP contribution in [-0.2, 0) is 0 Å². The van der Waals surface area contributed by atoms with E-state index >= 15 is 0 Å². The van der Waals surface area contributed by atoms with Crippen LogP contribution in [0.4, 0.5) is 0 Å². The van der Waals surface area contributed by atoms with Crippen molar-refractivity contribution in [1.29, 1.82) is 0 Å². The highest BCUT2D eigenvalue weighted by Crippen LogP contribution is 2.33. The maximum atomic E-state index is 13.4. The summed E-state index contributed by atoms with van der Waals surface area (Å²) in [6.45, 7) is 6.40. The Balaban J connectivity index is 2.36. The lowest BCUT2D eigenvalue weighted by molar-refractivity contribution is 0.125. The molecule has 3 aromatic rings. The van der Waals surface area contributed by atoms with Crippen molar-refractivity contribution in [3.8, 4) is 22.3 Å². The number of hydrogen-bond acceptors (Lipinski definition) is 4. The Labute approximate surface area is 175 Å². The van der Waals surface area contributed by atoms with Crippen LogP contribution >= 0.6 is 11.3 Å². The fourth-order valence-electron chi connectivity index (χ4n) is 2.82. The van der Waals surface area contributed by atoms with Gasteiger partial charge < -0.3 is 10.2 Å². The van der Waals surface area contributed by atoms with E-state index in [9.17, 15) is 15.0 Å². The summed E-state index contributed by atoms with van der Waals surface area (Å²) in [5.41, 5.74) is -0.797. The Hall–Kier alpha value is -2.71. The van der Waals surface area contributed by atoms with Gasteiger partial charge in [0.25, 0.3) is 0 Å². The lowest BCUT2D eigenvalue weighted by Crippen LogP contribution is -2.23. The molecule has 0 aliphatic rings. The molecular weight excluding hydrogens is 380 g/mol. The van der Waals surface area contributed by atoms with E-state index in [0.717, 1.165) is 15.1 Å². The van der Waals surface area contributed by atoms with Crippen molar-refractivity contribution in [3.63, 3.8) is 0 Å². The molecule has 1 heterocycles. The number of benzene rings is 2. The van der Waals surface area contributed by atoms with E-state index in [2.05, 4.69) is 11.8 Å². The average Bonchev–Trinajstić information content (AvgIpc) is 2.65. The minimum absolute atomic E-state index is 0.106. The maximum Gasteiger partial charge on any atom is 0.195 e. The van der Waals surface area contributed by atoms with Crippen molar-refractivity contribution in [2.75, 3.05) is 0 Å². The first-order chi connectivity index (χ1) is 13.6. The maximum absolute atomic E-state index is 13.4. The molecule has 0 saturated heterocycles. The molecule has 0 fully saturated rings. The molecule has 2 aromatic carbocycles.